The molecule has 1 unspecified atom stereocenters. The molecule has 88 valence electrons. The average Bonchev–Trinajstić information content (AvgIpc) is 2.25. The lowest BCUT2D eigenvalue weighted by atomic mass is 9.92. The molecule has 1 heterocycles. The average molecular weight is 211 g/mol. The van der Waals surface area contributed by atoms with Crippen molar-refractivity contribution in [2.75, 3.05) is 6.54 Å². The predicted octanol–water partition coefficient (Wildman–Crippen LogP) is 3.26. The summed E-state index contributed by atoms with van der Waals surface area (Å²) in [5.41, 5.74) is 0. The summed E-state index contributed by atoms with van der Waals surface area (Å²) in [5, 5.41) is 2.95. The third-order valence-corrected chi connectivity index (χ3v) is 3.31. The SMILES string of the molecule is CCCCCCCCC1CCCNC1=O. The summed E-state index contributed by atoms with van der Waals surface area (Å²) in [7, 11) is 0. The Hall–Kier alpha value is -0.530. The number of rotatable bonds is 7. The third-order valence-electron chi connectivity index (χ3n) is 3.31. The van der Waals surface area contributed by atoms with Crippen LogP contribution in [-0.4, -0.2) is 12.5 Å². The van der Waals surface area contributed by atoms with Crippen molar-refractivity contribution >= 4 is 5.91 Å². The first-order valence-corrected chi connectivity index (χ1v) is 6.62. The first kappa shape index (κ1) is 12.5. The van der Waals surface area contributed by atoms with E-state index in [1.165, 1.54) is 44.9 Å². The lowest BCUT2D eigenvalue weighted by Crippen LogP contribution is -2.36. The van der Waals surface area contributed by atoms with Crippen LogP contribution in [0.5, 0.6) is 0 Å². The molecule has 15 heavy (non-hydrogen) atoms. The van der Waals surface area contributed by atoms with Gasteiger partial charge in [-0.05, 0) is 19.3 Å². The van der Waals surface area contributed by atoms with Crippen LogP contribution in [0, 0.1) is 5.92 Å². The van der Waals surface area contributed by atoms with Gasteiger partial charge in [0.1, 0.15) is 0 Å². The van der Waals surface area contributed by atoms with Crippen LogP contribution in [0.1, 0.15) is 64.7 Å². The minimum atomic E-state index is 0.301. The highest BCUT2D eigenvalue weighted by atomic mass is 16.1. The Balaban J connectivity index is 1.96. The summed E-state index contributed by atoms with van der Waals surface area (Å²) in [5.74, 6) is 0.625. The number of unbranched alkanes of at least 4 members (excludes halogenated alkanes) is 5. The maximum Gasteiger partial charge on any atom is 0.223 e. The van der Waals surface area contributed by atoms with Crippen LogP contribution < -0.4 is 5.32 Å². The van der Waals surface area contributed by atoms with Crippen molar-refractivity contribution in [3.05, 3.63) is 0 Å². The zero-order valence-corrected chi connectivity index (χ0v) is 10.1. The van der Waals surface area contributed by atoms with Crippen molar-refractivity contribution in [3.63, 3.8) is 0 Å². The molecule has 0 aromatic rings. The van der Waals surface area contributed by atoms with Crippen LogP contribution in [0.2, 0.25) is 0 Å². The van der Waals surface area contributed by atoms with Crippen molar-refractivity contribution in [2.24, 2.45) is 5.92 Å². The predicted molar refractivity (Wildman–Crippen MR) is 63.7 cm³/mol. The van der Waals surface area contributed by atoms with Crippen LogP contribution in [0.15, 0.2) is 0 Å². The van der Waals surface area contributed by atoms with E-state index in [4.69, 9.17) is 0 Å². The molecule has 1 fully saturated rings. The molecule has 0 aromatic heterocycles. The van der Waals surface area contributed by atoms with Gasteiger partial charge in [-0.25, -0.2) is 0 Å². The van der Waals surface area contributed by atoms with E-state index in [9.17, 15) is 4.79 Å². The molecule has 0 saturated carbocycles. The van der Waals surface area contributed by atoms with Crippen LogP contribution in [0.4, 0.5) is 0 Å². The van der Waals surface area contributed by atoms with Crippen molar-refractivity contribution in [1.82, 2.24) is 5.32 Å². The maximum atomic E-state index is 11.4. The summed E-state index contributed by atoms with van der Waals surface area (Å²) < 4.78 is 0. The zero-order valence-electron chi connectivity index (χ0n) is 10.1. The summed E-state index contributed by atoms with van der Waals surface area (Å²) in [4.78, 5) is 11.4. The lowest BCUT2D eigenvalue weighted by molar-refractivity contribution is -0.126. The molecule has 1 aliphatic heterocycles. The monoisotopic (exact) mass is 211 g/mol. The van der Waals surface area contributed by atoms with Crippen molar-refractivity contribution in [1.29, 1.82) is 0 Å². The third kappa shape index (κ3) is 5.19. The van der Waals surface area contributed by atoms with Gasteiger partial charge >= 0.3 is 0 Å². The van der Waals surface area contributed by atoms with Gasteiger partial charge in [-0.1, -0.05) is 45.4 Å². The van der Waals surface area contributed by atoms with Crippen molar-refractivity contribution in [3.8, 4) is 0 Å². The van der Waals surface area contributed by atoms with E-state index in [-0.39, 0.29) is 0 Å². The molecule has 1 saturated heterocycles. The van der Waals surface area contributed by atoms with Gasteiger partial charge in [-0.3, -0.25) is 4.79 Å². The second-order valence-corrected chi connectivity index (χ2v) is 4.69. The Morgan fingerprint density at radius 3 is 2.67 bits per heavy atom. The van der Waals surface area contributed by atoms with E-state index < -0.39 is 0 Å². The summed E-state index contributed by atoms with van der Waals surface area (Å²) in [6.45, 7) is 3.14. The minimum Gasteiger partial charge on any atom is -0.356 e. The van der Waals surface area contributed by atoms with Crippen molar-refractivity contribution in [2.45, 2.75) is 64.7 Å². The highest BCUT2D eigenvalue weighted by molar-refractivity contribution is 5.79. The number of carbonyl (C=O) groups excluding carboxylic acids is 1. The fourth-order valence-corrected chi connectivity index (χ4v) is 2.28. The van der Waals surface area contributed by atoms with Crippen LogP contribution in [0.3, 0.4) is 0 Å². The fraction of sp³-hybridized carbons (Fsp3) is 0.923. The molecule has 0 bridgehead atoms. The van der Waals surface area contributed by atoms with E-state index in [0.29, 0.717) is 11.8 Å². The molecule has 0 aliphatic carbocycles. The number of carbonyl (C=O) groups is 1. The molecule has 1 aliphatic rings. The number of amides is 1. The first-order valence-electron chi connectivity index (χ1n) is 6.62. The molecule has 2 nitrogen and oxygen atoms in total. The molecule has 1 atom stereocenters. The van der Waals surface area contributed by atoms with E-state index in [2.05, 4.69) is 12.2 Å². The van der Waals surface area contributed by atoms with E-state index in [1.54, 1.807) is 0 Å². The van der Waals surface area contributed by atoms with Gasteiger partial charge in [0.05, 0.1) is 0 Å². The molecule has 0 spiro atoms. The van der Waals surface area contributed by atoms with Gasteiger partial charge in [0.25, 0.3) is 0 Å². The Kier molecular flexibility index (Phi) is 6.45. The van der Waals surface area contributed by atoms with E-state index in [0.717, 1.165) is 19.4 Å². The van der Waals surface area contributed by atoms with Gasteiger partial charge in [0, 0.05) is 12.5 Å². The molecule has 1 rings (SSSR count). The van der Waals surface area contributed by atoms with Gasteiger partial charge in [-0.15, -0.1) is 0 Å². The number of hydrogen-bond acceptors (Lipinski definition) is 1. The Labute approximate surface area is 93.8 Å². The topological polar surface area (TPSA) is 29.1 Å². The molecule has 0 aromatic carbocycles. The Bertz CT molecular complexity index is 179. The molecule has 1 N–H and O–H groups in total. The molecule has 1 amide bonds. The second-order valence-electron chi connectivity index (χ2n) is 4.69. The molecule has 2 heteroatoms. The number of hydrogen-bond donors (Lipinski definition) is 1. The molecule has 0 radical (unpaired) electrons. The van der Waals surface area contributed by atoms with Gasteiger partial charge in [-0.2, -0.15) is 0 Å². The van der Waals surface area contributed by atoms with Crippen LogP contribution in [-0.2, 0) is 4.79 Å². The Morgan fingerprint density at radius 2 is 1.93 bits per heavy atom. The largest absolute Gasteiger partial charge is 0.356 e. The molecular formula is C13H25NO. The maximum absolute atomic E-state index is 11.4. The summed E-state index contributed by atoms with van der Waals surface area (Å²) in [6, 6.07) is 0. The van der Waals surface area contributed by atoms with Crippen molar-refractivity contribution < 1.29 is 4.79 Å². The first-order chi connectivity index (χ1) is 7.34. The lowest BCUT2D eigenvalue weighted by Gasteiger charge is -2.21. The normalized spacial score (nSPS) is 21.4. The van der Waals surface area contributed by atoms with Gasteiger partial charge in [0.2, 0.25) is 5.91 Å². The fourth-order valence-electron chi connectivity index (χ4n) is 2.28. The standard InChI is InChI=1S/C13H25NO/c1-2-3-4-5-6-7-9-12-10-8-11-14-13(12)15/h12H,2-11H2,1H3,(H,14,15). The van der Waals surface area contributed by atoms with Crippen LogP contribution >= 0.6 is 0 Å². The zero-order chi connectivity index (χ0) is 10.9. The minimum absolute atomic E-state index is 0.301. The number of piperidine rings is 1. The quantitative estimate of drug-likeness (QED) is 0.643. The van der Waals surface area contributed by atoms with E-state index >= 15 is 0 Å². The highest BCUT2D eigenvalue weighted by Gasteiger charge is 2.20. The summed E-state index contributed by atoms with van der Waals surface area (Å²) in [6.07, 6.45) is 11.3. The van der Waals surface area contributed by atoms with Crippen LogP contribution in [0.25, 0.3) is 0 Å². The van der Waals surface area contributed by atoms with Gasteiger partial charge in [0.15, 0.2) is 0 Å². The van der Waals surface area contributed by atoms with E-state index in [1.807, 2.05) is 0 Å². The van der Waals surface area contributed by atoms with Gasteiger partial charge < -0.3 is 5.32 Å². The second kappa shape index (κ2) is 7.72. The smallest absolute Gasteiger partial charge is 0.223 e. The molecular weight excluding hydrogens is 186 g/mol. The number of nitrogens with one attached hydrogen (secondary N) is 1. The summed E-state index contributed by atoms with van der Waals surface area (Å²) >= 11 is 0. The highest BCUT2D eigenvalue weighted by Crippen LogP contribution is 2.19. The Morgan fingerprint density at radius 1 is 1.20 bits per heavy atom.